The molecule has 0 aromatic heterocycles. The molecule has 1 N–H and O–H groups in total. The average molecular weight is 383 g/mol. The molecule has 1 atom stereocenters. The summed E-state index contributed by atoms with van der Waals surface area (Å²) in [5.74, 6) is 0.574. The van der Waals surface area contributed by atoms with E-state index >= 15 is 0 Å². The highest BCUT2D eigenvalue weighted by atomic mass is 32.2. The predicted octanol–water partition coefficient (Wildman–Crippen LogP) is 2.72. The molecule has 1 saturated heterocycles. The molecule has 1 aliphatic rings. The van der Waals surface area contributed by atoms with Gasteiger partial charge < -0.3 is 10.1 Å². The van der Waals surface area contributed by atoms with E-state index in [1.807, 2.05) is 13.8 Å². The van der Waals surface area contributed by atoms with E-state index in [1.165, 1.54) is 0 Å². The number of amides is 1. The number of ether oxygens (including phenoxy) is 1. The Kier molecular flexibility index (Phi) is 7.46. The Morgan fingerprint density at radius 3 is 2.58 bits per heavy atom. The number of hydrogen-bond acceptors (Lipinski definition) is 4. The lowest BCUT2D eigenvalue weighted by molar-refractivity contribution is -0.121. The van der Waals surface area contributed by atoms with Crippen molar-refractivity contribution in [3.63, 3.8) is 0 Å². The van der Waals surface area contributed by atoms with Crippen molar-refractivity contribution in [1.82, 2.24) is 9.62 Å². The third kappa shape index (κ3) is 5.20. The molecule has 0 radical (unpaired) electrons. The van der Waals surface area contributed by atoms with E-state index in [9.17, 15) is 13.2 Å². The highest BCUT2D eigenvalue weighted by molar-refractivity contribution is 7.89. The van der Waals surface area contributed by atoms with Gasteiger partial charge in [-0.05, 0) is 56.4 Å². The molecule has 1 heterocycles. The fourth-order valence-electron chi connectivity index (χ4n) is 3.06. The van der Waals surface area contributed by atoms with Crippen molar-refractivity contribution in [2.24, 2.45) is 0 Å². The lowest BCUT2D eigenvalue weighted by atomic mass is 10.1. The van der Waals surface area contributed by atoms with Crippen LogP contribution in [0, 0.1) is 0 Å². The van der Waals surface area contributed by atoms with E-state index < -0.39 is 10.0 Å². The number of methoxy groups -OCH3 is 1. The Balaban J connectivity index is 2.16. The van der Waals surface area contributed by atoms with Crippen molar-refractivity contribution in [3.05, 3.63) is 23.8 Å². The van der Waals surface area contributed by atoms with Crippen molar-refractivity contribution >= 4 is 15.9 Å². The second kappa shape index (κ2) is 9.37. The fraction of sp³-hybridized carbons (Fsp3) is 0.632. The number of carbonyl (C=O) groups excluding carboxylic acids is 1. The number of hydrogen-bond donors (Lipinski definition) is 1. The molecule has 7 heteroatoms. The van der Waals surface area contributed by atoms with E-state index in [0.29, 0.717) is 31.7 Å². The Morgan fingerprint density at radius 2 is 1.96 bits per heavy atom. The minimum absolute atomic E-state index is 0.0364. The zero-order valence-corrected chi connectivity index (χ0v) is 16.8. The first-order valence-electron chi connectivity index (χ1n) is 9.35. The predicted molar refractivity (Wildman–Crippen MR) is 102 cm³/mol. The van der Waals surface area contributed by atoms with Gasteiger partial charge in [0.25, 0.3) is 0 Å². The first kappa shape index (κ1) is 20.7. The molecule has 146 valence electrons. The molecule has 0 bridgehead atoms. The second-order valence-corrected chi connectivity index (χ2v) is 8.75. The summed E-state index contributed by atoms with van der Waals surface area (Å²) in [7, 11) is -1.94. The van der Waals surface area contributed by atoms with Gasteiger partial charge in [0, 0.05) is 25.6 Å². The SMILES string of the molecule is CCC(C)NC(=O)CCc1cc(S(=O)(=O)N2CCCCC2)ccc1OC. The number of benzene rings is 1. The lowest BCUT2D eigenvalue weighted by Crippen LogP contribution is -2.35. The highest BCUT2D eigenvalue weighted by Gasteiger charge is 2.26. The molecule has 0 saturated carbocycles. The van der Waals surface area contributed by atoms with Gasteiger partial charge in [-0.3, -0.25) is 4.79 Å². The number of nitrogens with zero attached hydrogens (tertiary/aromatic N) is 1. The van der Waals surface area contributed by atoms with Crippen molar-refractivity contribution in [2.75, 3.05) is 20.2 Å². The Morgan fingerprint density at radius 1 is 1.27 bits per heavy atom. The standard InChI is InChI=1S/C19H30N2O4S/c1-4-15(2)20-19(22)11-8-16-14-17(9-10-18(16)25-3)26(23,24)21-12-6-5-7-13-21/h9-10,14-15H,4-8,11-13H2,1-3H3,(H,20,22). The maximum Gasteiger partial charge on any atom is 0.243 e. The molecule has 6 nitrogen and oxygen atoms in total. The van der Waals surface area contributed by atoms with Crippen LogP contribution in [0.25, 0.3) is 0 Å². The number of piperidine rings is 1. The van der Waals surface area contributed by atoms with Crippen LogP contribution >= 0.6 is 0 Å². The van der Waals surface area contributed by atoms with Crippen LogP contribution < -0.4 is 10.1 Å². The van der Waals surface area contributed by atoms with Crippen molar-refractivity contribution in [2.45, 2.75) is 63.3 Å². The van der Waals surface area contributed by atoms with E-state index in [4.69, 9.17) is 4.74 Å². The summed E-state index contributed by atoms with van der Waals surface area (Å²) in [6.07, 6.45) is 4.49. The van der Waals surface area contributed by atoms with Crippen LogP contribution in [0.15, 0.2) is 23.1 Å². The lowest BCUT2D eigenvalue weighted by Gasteiger charge is -2.26. The summed E-state index contributed by atoms with van der Waals surface area (Å²) in [6, 6.07) is 5.05. The number of rotatable bonds is 8. The minimum Gasteiger partial charge on any atom is -0.496 e. The van der Waals surface area contributed by atoms with E-state index in [0.717, 1.165) is 31.2 Å². The van der Waals surface area contributed by atoms with Crippen LogP contribution in [-0.4, -0.2) is 44.9 Å². The van der Waals surface area contributed by atoms with Gasteiger partial charge in [-0.25, -0.2) is 8.42 Å². The van der Waals surface area contributed by atoms with Gasteiger partial charge in [0.15, 0.2) is 0 Å². The summed E-state index contributed by atoms with van der Waals surface area (Å²) in [5, 5.41) is 2.93. The summed E-state index contributed by atoms with van der Waals surface area (Å²) < 4.78 is 32.6. The average Bonchev–Trinajstić information content (AvgIpc) is 2.66. The summed E-state index contributed by atoms with van der Waals surface area (Å²) >= 11 is 0. The van der Waals surface area contributed by atoms with E-state index in [2.05, 4.69) is 5.32 Å². The molecule has 1 amide bonds. The molecule has 0 spiro atoms. The zero-order valence-electron chi connectivity index (χ0n) is 16.0. The second-order valence-electron chi connectivity index (χ2n) is 6.82. The van der Waals surface area contributed by atoms with Crippen LogP contribution in [0.5, 0.6) is 5.75 Å². The Bertz CT molecular complexity index is 712. The summed E-state index contributed by atoms with van der Waals surface area (Å²) in [6.45, 7) is 5.12. The van der Waals surface area contributed by atoms with Gasteiger partial charge in [0.1, 0.15) is 5.75 Å². The van der Waals surface area contributed by atoms with Gasteiger partial charge in [0.2, 0.25) is 15.9 Å². The normalized spacial score (nSPS) is 16.9. The van der Waals surface area contributed by atoms with Crippen molar-refractivity contribution < 1.29 is 17.9 Å². The molecule has 26 heavy (non-hydrogen) atoms. The van der Waals surface area contributed by atoms with Crippen LogP contribution in [0.3, 0.4) is 0 Å². The largest absolute Gasteiger partial charge is 0.496 e. The maximum atomic E-state index is 12.9. The molecule has 1 fully saturated rings. The monoisotopic (exact) mass is 382 g/mol. The van der Waals surface area contributed by atoms with Crippen molar-refractivity contribution in [3.8, 4) is 5.75 Å². The molecule has 1 unspecified atom stereocenters. The smallest absolute Gasteiger partial charge is 0.243 e. The molecule has 0 aliphatic carbocycles. The van der Waals surface area contributed by atoms with E-state index in [1.54, 1.807) is 29.6 Å². The van der Waals surface area contributed by atoms with E-state index in [-0.39, 0.29) is 16.8 Å². The minimum atomic E-state index is -3.49. The zero-order chi connectivity index (χ0) is 19.2. The van der Waals surface area contributed by atoms with Gasteiger partial charge in [0.05, 0.1) is 12.0 Å². The molecular weight excluding hydrogens is 352 g/mol. The number of nitrogens with one attached hydrogen (secondary N) is 1. The molecule has 1 aromatic carbocycles. The number of carbonyl (C=O) groups is 1. The van der Waals surface area contributed by atoms with Crippen molar-refractivity contribution in [1.29, 1.82) is 0 Å². The van der Waals surface area contributed by atoms with Crippen LogP contribution in [0.1, 0.15) is 51.5 Å². The molecule has 2 rings (SSSR count). The Hall–Kier alpha value is -1.60. The molecule has 1 aromatic rings. The maximum absolute atomic E-state index is 12.9. The summed E-state index contributed by atoms with van der Waals surface area (Å²) in [5.41, 5.74) is 0.741. The van der Waals surface area contributed by atoms with Gasteiger partial charge in [-0.15, -0.1) is 0 Å². The summed E-state index contributed by atoms with van der Waals surface area (Å²) in [4.78, 5) is 12.3. The number of sulfonamides is 1. The number of aryl methyl sites for hydroxylation is 1. The van der Waals surface area contributed by atoms with Crippen LogP contribution in [0.2, 0.25) is 0 Å². The quantitative estimate of drug-likeness (QED) is 0.750. The van der Waals surface area contributed by atoms with Gasteiger partial charge >= 0.3 is 0 Å². The highest BCUT2D eigenvalue weighted by Crippen LogP contribution is 2.27. The first-order valence-corrected chi connectivity index (χ1v) is 10.8. The van der Waals surface area contributed by atoms with Gasteiger partial charge in [-0.2, -0.15) is 4.31 Å². The third-order valence-corrected chi connectivity index (χ3v) is 6.74. The van der Waals surface area contributed by atoms with Crippen LogP contribution in [-0.2, 0) is 21.2 Å². The topological polar surface area (TPSA) is 75.7 Å². The first-order chi connectivity index (χ1) is 12.4. The molecule has 1 aliphatic heterocycles. The molecular formula is C19H30N2O4S. The van der Waals surface area contributed by atoms with Crippen LogP contribution in [0.4, 0.5) is 0 Å². The third-order valence-electron chi connectivity index (χ3n) is 4.85. The Labute approximate surface area is 157 Å². The fourth-order valence-corrected chi connectivity index (χ4v) is 4.63. The van der Waals surface area contributed by atoms with Gasteiger partial charge in [-0.1, -0.05) is 13.3 Å².